The maximum Gasteiger partial charge on any atom is 0.252 e. The molecule has 128 valence electrons. The van der Waals surface area contributed by atoms with Crippen LogP contribution in [0.25, 0.3) is 22.4 Å². The number of nitrogens with one attached hydrogen (secondary N) is 1. The van der Waals surface area contributed by atoms with E-state index in [4.69, 9.17) is 4.42 Å². The molecule has 0 aliphatic heterocycles. The first-order valence-corrected chi connectivity index (χ1v) is 8.43. The third kappa shape index (κ3) is 3.32. The Bertz CT molecular complexity index is 1030. The second kappa shape index (κ2) is 7.19. The third-order valence-corrected chi connectivity index (χ3v) is 4.13. The Balaban J connectivity index is 1.61. The maximum atomic E-state index is 12.8. The number of nitrogens with zero attached hydrogens (tertiary/aromatic N) is 2. The molecule has 26 heavy (non-hydrogen) atoms. The van der Waals surface area contributed by atoms with Crippen molar-refractivity contribution < 1.29 is 9.21 Å². The lowest BCUT2D eigenvalue weighted by Crippen LogP contribution is -2.26. The van der Waals surface area contributed by atoms with Crippen LogP contribution in [0.3, 0.4) is 0 Å². The van der Waals surface area contributed by atoms with Crippen molar-refractivity contribution in [3.8, 4) is 11.5 Å². The molecular weight excluding hydrogens is 326 g/mol. The SMILES string of the molecule is O=C(NCCc1ccccn1)c1cc(-c2ccco2)nc2ccccc12. The predicted octanol–water partition coefficient (Wildman–Crippen LogP) is 3.86. The molecule has 0 aliphatic carbocycles. The molecule has 0 fully saturated rings. The van der Waals surface area contributed by atoms with E-state index in [1.165, 1.54) is 0 Å². The van der Waals surface area contributed by atoms with Gasteiger partial charge in [0, 0.05) is 30.2 Å². The summed E-state index contributed by atoms with van der Waals surface area (Å²) in [6.07, 6.45) is 4.03. The number of hydrogen-bond acceptors (Lipinski definition) is 4. The fraction of sp³-hybridized carbons (Fsp3) is 0.0952. The highest BCUT2D eigenvalue weighted by Gasteiger charge is 2.14. The van der Waals surface area contributed by atoms with Gasteiger partial charge in [0.25, 0.3) is 5.91 Å². The van der Waals surface area contributed by atoms with Crippen LogP contribution in [0, 0.1) is 0 Å². The summed E-state index contributed by atoms with van der Waals surface area (Å²) >= 11 is 0. The number of pyridine rings is 2. The monoisotopic (exact) mass is 343 g/mol. The molecule has 4 aromatic rings. The van der Waals surface area contributed by atoms with Crippen LogP contribution in [0.15, 0.2) is 77.5 Å². The van der Waals surface area contributed by atoms with Gasteiger partial charge in [-0.05, 0) is 36.4 Å². The van der Waals surface area contributed by atoms with Crippen molar-refractivity contribution in [2.24, 2.45) is 0 Å². The van der Waals surface area contributed by atoms with Gasteiger partial charge in [0.2, 0.25) is 0 Å². The topological polar surface area (TPSA) is 68.0 Å². The molecule has 0 spiro atoms. The van der Waals surface area contributed by atoms with Gasteiger partial charge >= 0.3 is 0 Å². The van der Waals surface area contributed by atoms with Gasteiger partial charge in [-0.3, -0.25) is 9.78 Å². The van der Waals surface area contributed by atoms with E-state index in [2.05, 4.69) is 15.3 Å². The van der Waals surface area contributed by atoms with Crippen LogP contribution in [-0.2, 0) is 6.42 Å². The van der Waals surface area contributed by atoms with Crippen molar-refractivity contribution in [3.63, 3.8) is 0 Å². The van der Waals surface area contributed by atoms with Crippen molar-refractivity contribution in [2.75, 3.05) is 6.54 Å². The van der Waals surface area contributed by atoms with Gasteiger partial charge in [0.15, 0.2) is 5.76 Å². The van der Waals surface area contributed by atoms with Gasteiger partial charge in [0.05, 0.1) is 17.3 Å². The standard InChI is InChI=1S/C21H17N3O2/c25-21(23-12-10-15-6-3-4-11-22-15)17-14-19(20-9-5-13-26-20)24-18-8-2-1-7-16(17)18/h1-9,11,13-14H,10,12H2,(H,23,25). The Morgan fingerprint density at radius 2 is 1.92 bits per heavy atom. The molecule has 0 bridgehead atoms. The molecule has 0 saturated heterocycles. The molecule has 5 nitrogen and oxygen atoms in total. The van der Waals surface area contributed by atoms with Crippen molar-refractivity contribution in [1.82, 2.24) is 15.3 Å². The van der Waals surface area contributed by atoms with Crippen molar-refractivity contribution in [1.29, 1.82) is 0 Å². The minimum absolute atomic E-state index is 0.132. The summed E-state index contributed by atoms with van der Waals surface area (Å²) in [6.45, 7) is 0.516. The average Bonchev–Trinajstić information content (AvgIpc) is 3.23. The largest absolute Gasteiger partial charge is 0.463 e. The van der Waals surface area contributed by atoms with E-state index >= 15 is 0 Å². The summed E-state index contributed by atoms with van der Waals surface area (Å²) in [4.78, 5) is 21.7. The molecule has 1 N–H and O–H groups in total. The zero-order valence-electron chi connectivity index (χ0n) is 14.1. The summed E-state index contributed by atoms with van der Waals surface area (Å²) in [7, 11) is 0. The predicted molar refractivity (Wildman–Crippen MR) is 99.7 cm³/mol. The first-order valence-electron chi connectivity index (χ1n) is 8.43. The molecule has 3 aromatic heterocycles. The van der Waals surface area contributed by atoms with Gasteiger partial charge < -0.3 is 9.73 Å². The Labute approximate surface area is 150 Å². The zero-order chi connectivity index (χ0) is 17.8. The molecule has 4 rings (SSSR count). The zero-order valence-corrected chi connectivity index (χ0v) is 14.1. The molecule has 0 atom stereocenters. The smallest absolute Gasteiger partial charge is 0.252 e. The van der Waals surface area contributed by atoms with Crippen LogP contribution in [0.4, 0.5) is 0 Å². The van der Waals surface area contributed by atoms with Gasteiger partial charge in [-0.2, -0.15) is 0 Å². The van der Waals surface area contributed by atoms with E-state index in [-0.39, 0.29) is 5.91 Å². The minimum atomic E-state index is -0.132. The number of para-hydroxylation sites is 1. The van der Waals surface area contributed by atoms with Crippen LogP contribution >= 0.6 is 0 Å². The van der Waals surface area contributed by atoms with Crippen LogP contribution in [0.2, 0.25) is 0 Å². The van der Waals surface area contributed by atoms with Gasteiger partial charge in [0.1, 0.15) is 5.69 Å². The van der Waals surface area contributed by atoms with Gasteiger partial charge in [-0.15, -0.1) is 0 Å². The maximum absolute atomic E-state index is 12.8. The number of rotatable bonds is 5. The lowest BCUT2D eigenvalue weighted by Gasteiger charge is -2.09. The highest BCUT2D eigenvalue weighted by Crippen LogP contribution is 2.25. The lowest BCUT2D eigenvalue weighted by atomic mass is 10.1. The Morgan fingerprint density at radius 3 is 2.73 bits per heavy atom. The number of aromatic nitrogens is 2. The minimum Gasteiger partial charge on any atom is -0.463 e. The van der Waals surface area contributed by atoms with Crippen molar-refractivity contribution in [2.45, 2.75) is 6.42 Å². The van der Waals surface area contributed by atoms with Crippen molar-refractivity contribution >= 4 is 16.8 Å². The summed E-state index contributed by atoms with van der Waals surface area (Å²) in [5.41, 5.74) is 2.94. The lowest BCUT2D eigenvalue weighted by molar-refractivity contribution is 0.0955. The quantitative estimate of drug-likeness (QED) is 0.597. The van der Waals surface area contributed by atoms with E-state index in [0.29, 0.717) is 30.0 Å². The number of fused-ring (bicyclic) bond motifs is 1. The summed E-state index contributed by atoms with van der Waals surface area (Å²) < 4.78 is 5.44. The van der Waals surface area contributed by atoms with E-state index < -0.39 is 0 Å². The van der Waals surface area contributed by atoms with E-state index in [1.54, 1.807) is 24.6 Å². The average molecular weight is 343 g/mol. The van der Waals surface area contributed by atoms with E-state index in [1.807, 2.05) is 48.5 Å². The summed E-state index contributed by atoms with van der Waals surface area (Å²) in [6, 6.07) is 18.8. The molecule has 0 unspecified atom stereocenters. The highest BCUT2D eigenvalue weighted by molar-refractivity contribution is 6.07. The molecule has 3 heterocycles. The number of carbonyl (C=O) groups excluding carboxylic acids is 1. The summed E-state index contributed by atoms with van der Waals surface area (Å²) in [5.74, 6) is 0.505. The first-order chi connectivity index (χ1) is 12.8. The molecule has 0 saturated carbocycles. The number of furan rings is 1. The second-order valence-electron chi connectivity index (χ2n) is 5.88. The normalized spacial score (nSPS) is 10.8. The van der Waals surface area contributed by atoms with Crippen LogP contribution in [-0.4, -0.2) is 22.4 Å². The molecule has 1 amide bonds. The number of hydrogen-bond donors (Lipinski definition) is 1. The molecule has 0 aliphatic rings. The first kappa shape index (κ1) is 16.0. The van der Waals surface area contributed by atoms with Crippen LogP contribution < -0.4 is 5.32 Å². The third-order valence-electron chi connectivity index (χ3n) is 4.13. The van der Waals surface area contributed by atoms with E-state index in [0.717, 1.165) is 16.6 Å². The molecule has 5 heteroatoms. The second-order valence-corrected chi connectivity index (χ2v) is 5.88. The van der Waals surface area contributed by atoms with Crippen LogP contribution in [0.5, 0.6) is 0 Å². The fourth-order valence-corrected chi connectivity index (χ4v) is 2.86. The van der Waals surface area contributed by atoms with E-state index in [9.17, 15) is 4.79 Å². The van der Waals surface area contributed by atoms with Crippen LogP contribution in [0.1, 0.15) is 16.1 Å². The Hall–Kier alpha value is -3.47. The molecular formula is C21H17N3O2. The fourth-order valence-electron chi connectivity index (χ4n) is 2.86. The Kier molecular flexibility index (Phi) is 4.43. The highest BCUT2D eigenvalue weighted by atomic mass is 16.3. The number of benzene rings is 1. The van der Waals surface area contributed by atoms with Gasteiger partial charge in [-0.1, -0.05) is 24.3 Å². The molecule has 1 aromatic carbocycles. The molecule has 0 radical (unpaired) electrons. The number of amides is 1. The summed E-state index contributed by atoms with van der Waals surface area (Å²) in [5, 5.41) is 3.79. The Morgan fingerprint density at radius 1 is 1.04 bits per heavy atom. The number of carbonyl (C=O) groups is 1. The van der Waals surface area contributed by atoms with Gasteiger partial charge in [-0.25, -0.2) is 4.98 Å². The van der Waals surface area contributed by atoms with Crippen molar-refractivity contribution in [3.05, 3.63) is 84.4 Å².